The van der Waals surface area contributed by atoms with Gasteiger partial charge in [-0.1, -0.05) is 54.6 Å². The molecule has 0 amide bonds. The highest BCUT2D eigenvalue weighted by Crippen LogP contribution is 2.44. The van der Waals surface area contributed by atoms with Crippen molar-refractivity contribution in [3.8, 4) is 16.9 Å². The van der Waals surface area contributed by atoms with Crippen LogP contribution >= 0.6 is 11.6 Å². The minimum absolute atomic E-state index is 0.204. The highest BCUT2D eigenvalue weighted by molar-refractivity contribution is 7.87. The van der Waals surface area contributed by atoms with E-state index in [1.807, 2.05) is 60.7 Å². The molecular weight excluding hydrogens is 553 g/mol. The van der Waals surface area contributed by atoms with Crippen molar-refractivity contribution in [1.82, 2.24) is 14.4 Å². The van der Waals surface area contributed by atoms with Crippen molar-refractivity contribution >= 4 is 21.8 Å². The molecule has 10 heteroatoms. The Balaban J connectivity index is 1.45. The number of nitrogens with zero attached hydrogens (tertiary/aromatic N) is 1. The minimum Gasteiger partial charge on any atom is -0.488 e. The van der Waals surface area contributed by atoms with E-state index in [0.717, 1.165) is 11.1 Å². The predicted molar refractivity (Wildman–Crippen MR) is 153 cm³/mol. The van der Waals surface area contributed by atoms with Gasteiger partial charge in [-0.2, -0.15) is 13.1 Å². The molecule has 5 rings (SSSR count). The Morgan fingerprint density at radius 3 is 2.60 bits per heavy atom. The van der Waals surface area contributed by atoms with Gasteiger partial charge in [0.05, 0.1) is 17.0 Å². The van der Waals surface area contributed by atoms with Crippen LogP contribution in [0.25, 0.3) is 11.1 Å². The average molecular weight is 584 g/mol. The summed E-state index contributed by atoms with van der Waals surface area (Å²) in [5, 5.41) is 0. The number of hydrogen-bond donors (Lipinski definition) is 2. The van der Waals surface area contributed by atoms with E-state index in [4.69, 9.17) is 20.8 Å². The van der Waals surface area contributed by atoms with Gasteiger partial charge in [0.2, 0.25) is 5.89 Å². The van der Waals surface area contributed by atoms with Crippen molar-refractivity contribution in [3.05, 3.63) is 108 Å². The first-order valence-electron chi connectivity index (χ1n) is 13.1. The molecule has 1 aromatic heterocycles. The molecule has 0 saturated heterocycles. The second-order valence-electron chi connectivity index (χ2n) is 10.1. The van der Waals surface area contributed by atoms with E-state index >= 15 is 4.39 Å². The third-order valence-corrected chi connectivity index (χ3v) is 8.78. The average Bonchev–Trinajstić information content (AvgIpc) is 3.62. The molecule has 7 nitrogen and oxygen atoms in total. The molecule has 40 heavy (non-hydrogen) atoms. The smallest absolute Gasteiger partial charge is 0.276 e. The number of aromatic nitrogens is 1. The number of rotatable bonds is 11. The molecule has 3 aromatic carbocycles. The van der Waals surface area contributed by atoms with Crippen LogP contribution in [-0.4, -0.2) is 26.5 Å². The zero-order valence-electron chi connectivity index (χ0n) is 22.1. The van der Waals surface area contributed by atoms with Crippen molar-refractivity contribution in [1.29, 1.82) is 0 Å². The van der Waals surface area contributed by atoms with E-state index in [1.165, 1.54) is 19.4 Å². The topological polar surface area (TPSA) is 93.5 Å². The maximum Gasteiger partial charge on any atom is 0.276 e. The Labute approximate surface area is 238 Å². The van der Waals surface area contributed by atoms with Crippen molar-refractivity contribution < 1.29 is 22.0 Å². The molecule has 0 radical (unpaired) electrons. The number of alkyl halides is 1. The van der Waals surface area contributed by atoms with Crippen molar-refractivity contribution in [3.63, 3.8) is 0 Å². The maximum absolute atomic E-state index is 15.3. The highest BCUT2D eigenvalue weighted by Gasteiger charge is 2.45. The van der Waals surface area contributed by atoms with Crippen LogP contribution in [0.15, 0.2) is 83.5 Å². The lowest BCUT2D eigenvalue weighted by atomic mass is 9.79. The van der Waals surface area contributed by atoms with Gasteiger partial charge >= 0.3 is 0 Å². The molecule has 4 aromatic rings. The molecule has 1 aliphatic rings. The van der Waals surface area contributed by atoms with Crippen molar-refractivity contribution in [2.24, 2.45) is 0 Å². The summed E-state index contributed by atoms with van der Waals surface area (Å²) < 4.78 is 56.7. The Morgan fingerprint density at radius 2 is 1.85 bits per heavy atom. The quantitative estimate of drug-likeness (QED) is 0.215. The Hall–Kier alpha value is -3.24. The first-order valence-corrected chi connectivity index (χ1v) is 15.1. The van der Waals surface area contributed by atoms with E-state index in [9.17, 15) is 8.42 Å². The largest absolute Gasteiger partial charge is 0.488 e. The van der Waals surface area contributed by atoms with Gasteiger partial charge in [-0.15, -0.1) is 11.6 Å². The Bertz CT molecular complexity index is 1560. The van der Waals surface area contributed by atoms with Gasteiger partial charge in [-0.3, -0.25) is 0 Å². The Morgan fingerprint density at radius 1 is 1.07 bits per heavy atom. The zero-order chi connectivity index (χ0) is 28.2. The van der Waals surface area contributed by atoms with E-state index in [1.54, 1.807) is 6.07 Å². The van der Waals surface area contributed by atoms with E-state index < -0.39 is 15.6 Å². The molecule has 1 heterocycles. The number of hydrogen-bond acceptors (Lipinski definition) is 5. The molecule has 2 atom stereocenters. The second-order valence-corrected chi connectivity index (χ2v) is 12.0. The van der Waals surface area contributed by atoms with Gasteiger partial charge in [-0.05, 0) is 55.0 Å². The summed E-state index contributed by atoms with van der Waals surface area (Å²) in [5.41, 5.74) is 2.98. The lowest BCUT2D eigenvalue weighted by molar-refractivity contribution is 0.307. The van der Waals surface area contributed by atoms with Gasteiger partial charge in [0.25, 0.3) is 10.2 Å². The van der Waals surface area contributed by atoms with Crippen LogP contribution in [0.4, 0.5) is 4.39 Å². The summed E-state index contributed by atoms with van der Waals surface area (Å²) in [7, 11) is -2.25. The number of nitrogens with one attached hydrogen (secondary N) is 2. The molecule has 2 N–H and O–H groups in total. The number of ether oxygens (including phenoxy) is 1. The second kappa shape index (κ2) is 12.1. The highest BCUT2D eigenvalue weighted by atomic mass is 35.5. The van der Waals surface area contributed by atoms with Crippen LogP contribution in [-0.2, 0) is 34.5 Å². The van der Waals surface area contributed by atoms with Gasteiger partial charge in [-0.25, -0.2) is 14.1 Å². The molecule has 0 unspecified atom stereocenters. The predicted octanol–water partition coefficient (Wildman–Crippen LogP) is 5.89. The summed E-state index contributed by atoms with van der Waals surface area (Å²) >= 11 is 6.00. The number of benzene rings is 3. The van der Waals surface area contributed by atoms with E-state index in [-0.39, 0.29) is 17.7 Å². The van der Waals surface area contributed by atoms with Gasteiger partial charge < -0.3 is 9.15 Å². The van der Waals surface area contributed by atoms with Crippen LogP contribution in [0.5, 0.6) is 5.75 Å². The summed E-state index contributed by atoms with van der Waals surface area (Å²) in [6.45, 7) is 0.360. The van der Waals surface area contributed by atoms with Gasteiger partial charge in [0.15, 0.2) is 0 Å². The molecule has 0 bridgehead atoms. The summed E-state index contributed by atoms with van der Waals surface area (Å²) in [6.07, 6.45) is 3.72. The van der Waals surface area contributed by atoms with Gasteiger partial charge in [0.1, 0.15) is 24.4 Å². The van der Waals surface area contributed by atoms with Crippen molar-refractivity contribution in [2.45, 2.75) is 49.6 Å². The summed E-state index contributed by atoms with van der Waals surface area (Å²) in [4.78, 5) is 4.61. The summed E-state index contributed by atoms with van der Waals surface area (Å²) in [6, 6.07) is 21.9. The molecule has 1 aliphatic carbocycles. The molecule has 1 saturated carbocycles. The van der Waals surface area contributed by atoms with Crippen LogP contribution in [0.2, 0.25) is 0 Å². The lowest BCUT2D eigenvalue weighted by Gasteiger charge is -2.27. The number of oxazole rings is 1. The number of halogens is 2. The number of para-hydroxylation sites is 1. The van der Waals surface area contributed by atoms with Gasteiger partial charge in [0, 0.05) is 24.2 Å². The fraction of sp³-hybridized carbons (Fsp3) is 0.300. The van der Waals surface area contributed by atoms with Crippen LogP contribution in [0.1, 0.15) is 42.0 Å². The lowest BCUT2D eigenvalue weighted by Crippen LogP contribution is -2.41. The van der Waals surface area contributed by atoms with Crippen LogP contribution in [0.3, 0.4) is 0 Å². The van der Waals surface area contributed by atoms with Crippen LogP contribution in [0, 0.1) is 5.82 Å². The Kier molecular flexibility index (Phi) is 8.56. The molecule has 1 fully saturated rings. The van der Waals surface area contributed by atoms with E-state index in [2.05, 4.69) is 14.4 Å². The molecule has 0 aliphatic heterocycles. The first kappa shape index (κ1) is 28.3. The molecular formula is C30H31ClFN3O4S. The standard InChI is InChI=1S/C30H31ClFN3O4S/c1-33-40(36,37)35-23-13-14-30(17-23,29-34-24(18-31)20-39-29)16-22-11-12-27(32)26(15-22)25-9-5-6-10-28(25)38-19-21-7-3-2-4-8-21/h2-12,15,20,23,33,35H,13-14,16-19H2,1H3/t23-,30+/m0/s1. The monoisotopic (exact) mass is 583 g/mol. The SMILES string of the molecule is CNS(=O)(=O)N[C@H]1CC[C@](Cc2ccc(F)c(-c3ccccc3OCc3ccccc3)c2)(c2nc(CCl)co2)C1. The maximum atomic E-state index is 15.3. The third kappa shape index (κ3) is 6.39. The third-order valence-electron chi connectivity index (χ3n) is 7.33. The fourth-order valence-corrected chi connectivity index (χ4v) is 6.26. The van der Waals surface area contributed by atoms with Crippen LogP contribution < -0.4 is 14.2 Å². The summed E-state index contributed by atoms with van der Waals surface area (Å²) in [5.74, 6) is 0.932. The minimum atomic E-state index is -3.62. The van der Waals surface area contributed by atoms with E-state index in [0.29, 0.717) is 60.8 Å². The molecule has 0 spiro atoms. The first-order chi connectivity index (χ1) is 19.3. The molecule has 210 valence electrons. The zero-order valence-corrected chi connectivity index (χ0v) is 23.6. The van der Waals surface area contributed by atoms with Crippen molar-refractivity contribution in [2.75, 3.05) is 7.05 Å². The normalized spacial score (nSPS) is 19.1. The fourth-order valence-electron chi connectivity index (χ4n) is 5.38.